The van der Waals surface area contributed by atoms with Crippen LogP contribution in [0.4, 0.5) is 5.69 Å². The Morgan fingerprint density at radius 3 is 2.48 bits per heavy atom. The summed E-state index contributed by atoms with van der Waals surface area (Å²) in [5.41, 5.74) is 5.45. The number of nitrogens with zero attached hydrogens (tertiary/aromatic N) is 3. The third kappa shape index (κ3) is 5.45. The lowest BCUT2D eigenvalue weighted by molar-refractivity contribution is -0.122. The van der Waals surface area contributed by atoms with Gasteiger partial charge in [-0.2, -0.15) is 0 Å². The van der Waals surface area contributed by atoms with E-state index in [0.717, 1.165) is 58.8 Å². The molecule has 0 atom stereocenters. The molecule has 1 saturated heterocycles. The maximum Gasteiger partial charge on any atom is 0.270 e. The molecule has 2 amide bonds. The van der Waals surface area contributed by atoms with Gasteiger partial charge in [0.15, 0.2) is 4.80 Å². The smallest absolute Gasteiger partial charge is 0.270 e. The highest BCUT2D eigenvalue weighted by atomic mass is 32.1. The fraction of sp³-hybridized carbons (Fsp3) is 0.400. The van der Waals surface area contributed by atoms with E-state index >= 15 is 0 Å². The predicted octanol–water partition coefficient (Wildman–Crippen LogP) is 4.15. The second-order valence-corrected chi connectivity index (χ2v) is 9.81. The van der Waals surface area contributed by atoms with Crippen molar-refractivity contribution in [3.05, 3.63) is 57.5 Å². The first kappa shape index (κ1) is 23.0. The SMILES string of the molecule is Cc1cc(C)cc(N=c2scc(-c3c[nH]c(C(=O)N4CCCC4)c3)n2CC(=O)NC(C)C)c1. The lowest BCUT2D eigenvalue weighted by atomic mass is 10.1. The number of H-pyrrole nitrogens is 1. The van der Waals surface area contributed by atoms with Gasteiger partial charge in [-0.05, 0) is 69.9 Å². The van der Waals surface area contributed by atoms with Crippen LogP contribution >= 0.6 is 11.3 Å². The zero-order valence-corrected chi connectivity index (χ0v) is 20.5. The minimum absolute atomic E-state index is 0.0261. The highest BCUT2D eigenvalue weighted by molar-refractivity contribution is 7.07. The standard InChI is InChI=1S/C25H31N5O2S/c1-16(2)27-23(31)14-30-22(15-33-25(30)28-20-10-17(3)9-18(4)11-20)19-12-21(26-13-19)24(32)29-7-5-6-8-29/h9-13,15-16,26H,5-8,14H2,1-4H3,(H,27,31). The van der Waals surface area contributed by atoms with Crippen LogP contribution in [0.25, 0.3) is 11.3 Å². The molecule has 3 heterocycles. The summed E-state index contributed by atoms with van der Waals surface area (Å²) in [6.07, 6.45) is 3.94. The third-order valence-electron chi connectivity index (χ3n) is 5.58. The summed E-state index contributed by atoms with van der Waals surface area (Å²) in [5.74, 6) is -0.0475. The number of amides is 2. The number of carbonyl (C=O) groups is 2. The molecule has 174 valence electrons. The molecule has 0 radical (unpaired) electrons. The fourth-order valence-electron chi connectivity index (χ4n) is 4.20. The van der Waals surface area contributed by atoms with Crippen LogP contribution in [-0.2, 0) is 11.3 Å². The summed E-state index contributed by atoms with van der Waals surface area (Å²) in [7, 11) is 0. The van der Waals surface area contributed by atoms with E-state index in [0.29, 0.717) is 5.69 Å². The van der Waals surface area contributed by atoms with E-state index < -0.39 is 0 Å². The number of rotatable bonds is 6. The van der Waals surface area contributed by atoms with Crippen LogP contribution in [0.5, 0.6) is 0 Å². The molecule has 7 nitrogen and oxygen atoms in total. The Bertz CT molecular complexity index is 1210. The summed E-state index contributed by atoms with van der Waals surface area (Å²) in [5, 5.41) is 4.96. The molecule has 0 unspecified atom stereocenters. The van der Waals surface area contributed by atoms with E-state index in [2.05, 4.69) is 30.2 Å². The molecule has 0 spiro atoms. The summed E-state index contributed by atoms with van der Waals surface area (Å²) in [6, 6.07) is 8.11. The topological polar surface area (TPSA) is 82.5 Å². The van der Waals surface area contributed by atoms with Gasteiger partial charge in [0.25, 0.3) is 5.91 Å². The normalized spacial score (nSPS) is 14.3. The van der Waals surface area contributed by atoms with E-state index in [9.17, 15) is 9.59 Å². The second-order valence-electron chi connectivity index (χ2n) is 8.97. The maximum absolute atomic E-state index is 12.8. The third-order valence-corrected chi connectivity index (χ3v) is 6.45. The summed E-state index contributed by atoms with van der Waals surface area (Å²) < 4.78 is 1.92. The quantitative estimate of drug-likeness (QED) is 0.573. The van der Waals surface area contributed by atoms with E-state index in [-0.39, 0.29) is 24.4 Å². The number of benzene rings is 1. The Hall–Kier alpha value is -3.13. The first-order valence-corrected chi connectivity index (χ1v) is 12.3. The van der Waals surface area contributed by atoms with Crippen LogP contribution in [0.15, 0.2) is 40.8 Å². The Morgan fingerprint density at radius 2 is 1.82 bits per heavy atom. The number of nitrogens with one attached hydrogen (secondary N) is 2. The van der Waals surface area contributed by atoms with Gasteiger partial charge in [-0.1, -0.05) is 6.07 Å². The van der Waals surface area contributed by atoms with Gasteiger partial charge >= 0.3 is 0 Å². The van der Waals surface area contributed by atoms with E-state index in [4.69, 9.17) is 4.99 Å². The van der Waals surface area contributed by atoms with Crippen molar-refractivity contribution < 1.29 is 9.59 Å². The molecular formula is C25H31N5O2S. The number of aryl methyl sites for hydroxylation is 2. The molecule has 0 aliphatic carbocycles. The monoisotopic (exact) mass is 465 g/mol. The molecule has 33 heavy (non-hydrogen) atoms. The van der Waals surface area contributed by atoms with Gasteiger partial charge in [-0.3, -0.25) is 9.59 Å². The van der Waals surface area contributed by atoms with Crippen LogP contribution < -0.4 is 10.1 Å². The van der Waals surface area contributed by atoms with Gasteiger partial charge in [-0.15, -0.1) is 11.3 Å². The van der Waals surface area contributed by atoms with E-state index in [1.807, 2.05) is 53.1 Å². The summed E-state index contributed by atoms with van der Waals surface area (Å²) in [4.78, 5) is 36.1. The minimum atomic E-state index is -0.0737. The van der Waals surface area contributed by atoms with Gasteiger partial charge in [0.05, 0.1) is 11.4 Å². The first-order chi connectivity index (χ1) is 15.8. The average Bonchev–Trinajstić information content (AvgIpc) is 3.48. The molecule has 2 N–H and O–H groups in total. The Kier molecular flexibility index (Phi) is 6.83. The molecule has 1 aliphatic heterocycles. The predicted molar refractivity (Wildman–Crippen MR) is 132 cm³/mol. The fourth-order valence-corrected chi connectivity index (χ4v) is 5.12. The molecule has 1 fully saturated rings. The Balaban J connectivity index is 1.73. The van der Waals surface area contributed by atoms with Crippen molar-refractivity contribution in [3.63, 3.8) is 0 Å². The Labute approximate surface area is 198 Å². The number of aromatic amines is 1. The van der Waals surface area contributed by atoms with Crippen LogP contribution in [0.1, 0.15) is 48.3 Å². The number of hydrogen-bond donors (Lipinski definition) is 2. The number of thiazole rings is 1. The van der Waals surface area contributed by atoms with Crippen LogP contribution in [-0.4, -0.2) is 45.4 Å². The molecule has 4 rings (SSSR count). The molecule has 3 aromatic rings. The molecule has 1 aliphatic rings. The van der Waals surface area contributed by atoms with E-state index in [1.54, 1.807) is 0 Å². The summed E-state index contributed by atoms with van der Waals surface area (Å²) >= 11 is 1.49. The average molecular weight is 466 g/mol. The van der Waals surface area contributed by atoms with Gasteiger partial charge in [-0.25, -0.2) is 4.99 Å². The van der Waals surface area contributed by atoms with Crippen molar-refractivity contribution in [1.82, 2.24) is 19.8 Å². The zero-order chi connectivity index (χ0) is 23.5. The van der Waals surface area contributed by atoms with Gasteiger partial charge in [0.2, 0.25) is 5.91 Å². The molecule has 0 saturated carbocycles. The number of hydrogen-bond acceptors (Lipinski definition) is 4. The number of likely N-dealkylation sites (tertiary alicyclic amines) is 1. The zero-order valence-electron chi connectivity index (χ0n) is 19.6. The Morgan fingerprint density at radius 1 is 1.12 bits per heavy atom. The van der Waals surface area contributed by atoms with Crippen LogP contribution in [0.2, 0.25) is 0 Å². The first-order valence-electron chi connectivity index (χ1n) is 11.4. The van der Waals surface area contributed by atoms with Crippen molar-refractivity contribution in [2.24, 2.45) is 4.99 Å². The lowest BCUT2D eigenvalue weighted by Crippen LogP contribution is -2.35. The largest absolute Gasteiger partial charge is 0.357 e. The molecule has 1 aromatic carbocycles. The molecular weight excluding hydrogens is 434 g/mol. The van der Waals surface area contributed by atoms with Crippen LogP contribution in [0.3, 0.4) is 0 Å². The molecule has 0 bridgehead atoms. The minimum Gasteiger partial charge on any atom is -0.357 e. The second kappa shape index (κ2) is 9.79. The number of aromatic nitrogens is 2. The van der Waals surface area contributed by atoms with Crippen molar-refractivity contribution in [2.45, 2.75) is 53.1 Å². The van der Waals surface area contributed by atoms with Crippen molar-refractivity contribution in [2.75, 3.05) is 13.1 Å². The molecule has 2 aromatic heterocycles. The maximum atomic E-state index is 12.8. The van der Waals surface area contributed by atoms with Crippen molar-refractivity contribution >= 4 is 28.8 Å². The van der Waals surface area contributed by atoms with Crippen molar-refractivity contribution in [1.29, 1.82) is 0 Å². The van der Waals surface area contributed by atoms with Gasteiger partial charge < -0.3 is 19.8 Å². The highest BCUT2D eigenvalue weighted by Crippen LogP contribution is 2.24. The number of carbonyl (C=O) groups excluding carboxylic acids is 2. The molecule has 8 heteroatoms. The lowest BCUT2D eigenvalue weighted by Gasteiger charge is -2.13. The van der Waals surface area contributed by atoms with Crippen molar-refractivity contribution in [3.8, 4) is 11.3 Å². The highest BCUT2D eigenvalue weighted by Gasteiger charge is 2.22. The summed E-state index contributed by atoms with van der Waals surface area (Å²) in [6.45, 7) is 9.76. The van der Waals surface area contributed by atoms with Gasteiger partial charge in [0.1, 0.15) is 12.2 Å². The van der Waals surface area contributed by atoms with E-state index in [1.165, 1.54) is 11.3 Å². The van der Waals surface area contributed by atoms with Crippen LogP contribution in [0, 0.1) is 13.8 Å². The van der Waals surface area contributed by atoms with Gasteiger partial charge in [0, 0.05) is 36.3 Å².